The summed E-state index contributed by atoms with van der Waals surface area (Å²) in [4.78, 5) is -0.283. The van der Waals surface area contributed by atoms with Gasteiger partial charge in [0.05, 0.1) is 20.8 Å². The Balaban J connectivity index is 2.48. The SMILES string of the molecule is O=S(=O)(Nc1ccc(F)cc1Cl)c1c(Cl)cc(Br)cc1Cl. The Bertz CT molecular complexity index is 791. The maximum Gasteiger partial charge on any atom is 0.264 e. The highest BCUT2D eigenvalue weighted by atomic mass is 79.9. The summed E-state index contributed by atoms with van der Waals surface area (Å²) in [5, 5.41) is -0.192. The Morgan fingerprint density at radius 2 is 1.57 bits per heavy atom. The molecule has 0 aromatic heterocycles. The third-order valence-corrected chi connectivity index (χ3v) is 5.46. The van der Waals surface area contributed by atoms with E-state index in [1.54, 1.807) is 0 Å². The van der Waals surface area contributed by atoms with Crippen LogP contribution in [0.1, 0.15) is 0 Å². The molecule has 2 rings (SSSR count). The molecule has 0 radical (unpaired) electrons. The fraction of sp³-hybridized carbons (Fsp3) is 0. The topological polar surface area (TPSA) is 46.2 Å². The second-order valence-electron chi connectivity index (χ2n) is 3.93. The van der Waals surface area contributed by atoms with Crippen molar-refractivity contribution in [2.75, 3.05) is 4.72 Å². The summed E-state index contributed by atoms with van der Waals surface area (Å²) in [5.74, 6) is -0.581. The van der Waals surface area contributed by atoms with E-state index in [1.165, 1.54) is 18.2 Å². The van der Waals surface area contributed by atoms with E-state index >= 15 is 0 Å². The fourth-order valence-electron chi connectivity index (χ4n) is 1.55. The zero-order valence-electron chi connectivity index (χ0n) is 10.0. The lowest BCUT2D eigenvalue weighted by molar-refractivity contribution is 0.601. The maximum absolute atomic E-state index is 13.0. The number of halogens is 5. The lowest BCUT2D eigenvalue weighted by Gasteiger charge is -2.12. The minimum atomic E-state index is -4.07. The normalized spacial score (nSPS) is 11.5. The number of sulfonamides is 1. The van der Waals surface area contributed by atoms with Crippen molar-refractivity contribution < 1.29 is 12.8 Å². The molecule has 0 atom stereocenters. The number of hydrogen-bond donors (Lipinski definition) is 1. The molecule has 0 saturated carbocycles. The van der Waals surface area contributed by atoms with Crippen LogP contribution >= 0.6 is 50.7 Å². The van der Waals surface area contributed by atoms with E-state index < -0.39 is 15.8 Å². The average Bonchev–Trinajstić information content (AvgIpc) is 2.30. The van der Waals surface area contributed by atoms with Crippen LogP contribution in [0, 0.1) is 5.82 Å². The molecule has 0 amide bonds. The monoisotopic (exact) mass is 431 g/mol. The number of hydrogen-bond acceptors (Lipinski definition) is 2. The zero-order valence-corrected chi connectivity index (χ0v) is 14.7. The van der Waals surface area contributed by atoms with Crippen molar-refractivity contribution in [2.45, 2.75) is 4.90 Å². The summed E-state index contributed by atoms with van der Waals surface area (Å²) in [5.41, 5.74) is 0.0214. The van der Waals surface area contributed by atoms with E-state index in [1.807, 2.05) is 0 Å². The summed E-state index contributed by atoms with van der Waals surface area (Å²) < 4.78 is 40.4. The summed E-state index contributed by atoms with van der Waals surface area (Å²) >= 11 is 20.8. The molecule has 9 heteroatoms. The Morgan fingerprint density at radius 1 is 1.00 bits per heavy atom. The second kappa shape index (κ2) is 6.30. The molecule has 0 aliphatic carbocycles. The van der Waals surface area contributed by atoms with Crippen LogP contribution in [0.15, 0.2) is 39.7 Å². The molecule has 2 aromatic carbocycles. The minimum absolute atomic E-state index is 0.0214. The van der Waals surface area contributed by atoms with E-state index in [9.17, 15) is 12.8 Å². The van der Waals surface area contributed by atoms with Crippen LogP contribution < -0.4 is 4.72 Å². The van der Waals surface area contributed by atoms with E-state index in [-0.39, 0.29) is 25.7 Å². The maximum atomic E-state index is 13.0. The predicted octanol–water partition coefficient (Wildman–Crippen LogP) is 5.35. The molecule has 0 aliphatic rings. The summed E-state index contributed by atoms with van der Waals surface area (Å²) in [6, 6.07) is 6.07. The van der Waals surface area contributed by atoms with Crippen molar-refractivity contribution in [2.24, 2.45) is 0 Å². The standard InChI is InChI=1S/C12H6BrCl3FNO2S/c13-6-3-9(15)12(10(16)4-6)21(19,20)18-11-2-1-7(17)5-8(11)14/h1-5,18H. The van der Waals surface area contributed by atoms with Crippen LogP contribution in [0.2, 0.25) is 15.1 Å². The Morgan fingerprint density at radius 3 is 2.10 bits per heavy atom. The average molecular weight is 434 g/mol. The minimum Gasteiger partial charge on any atom is -0.278 e. The van der Waals surface area contributed by atoms with E-state index in [0.717, 1.165) is 12.1 Å². The van der Waals surface area contributed by atoms with Crippen LogP contribution in [0.25, 0.3) is 0 Å². The first-order valence-corrected chi connectivity index (χ1v) is 8.74. The van der Waals surface area contributed by atoms with Crippen molar-refractivity contribution in [3.05, 3.63) is 55.7 Å². The van der Waals surface area contributed by atoms with Crippen molar-refractivity contribution in [3.63, 3.8) is 0 Å². The first-order valence-electron chi connectivity index (χ1n) is 5.33. The summed E-state index contributed by atoms with van der Waals surface area (Å²) in [7, 11) is -4.07. The van der Waals surface area contributed by atoms with Gasteiger partial charge in [-0.3, -0.25) is 4.72 Å². The van der Waals surface area contributed by atoms with E-state index in [2.05, 4.69) is 20.7 Å². The van der Waals surface area contributed by atoms with Crippen LogP contribution in [-0.2, 0) is 10.0 Å². The van der Waals surface area contributed by atoms with Crippen LogP contribution in [-0.4, -0.2) is 8.42 Å². The van der Waals surface area contributed by atoms with Crippen molar-refractivity contribution in [1.29, 1.82) is 0 Å². The second-order valence-corrected chi connectivity index (χ2v) is 7.68. The van der Waals surface area contributed by atoms with E-state index in [4.69, 9.17) is 34.8 Å². The van der Waals surface area contributed by atoms with Crippen LogP contribution in [0.3, 0.4) is 0 Å². The molecular formula is C12H6BrCl3FNO2S. The van der Waals surface area contributed by atoms with Crippen LogP contribution in [0.4, 0.5) is 10.1 Å². The molecule has 3 nitrogen and oxygen atoms in total. The highest BCUT2D eigenvalue weighted by molar-refractivity contribution is 9.10. The molecule has 112 valence electrons. The third-order valence-electron chi connectivity index (χ3n) is 2.41. The number of anilines is 1. The zero-order chi connectivity index (χ0) is 15.8. The lowest BCUT2D eigenvalue weighted by atomic mass is 10.3. The molecule has 0 fully saturated rings. The molecular weight excluding hydrogens is 427 g/mol. The van der Waals surface area contributed by atoms with Gasteiger partial charge in [-0.1, -0.05) is 50.7 Å². The van der Waals surface area contributed by atoms with Gasteiger partial charge in [0.25, 0.3) is 10.0 Å². The molecule has 0 aliphatic heterocycles. The first-order chi connectivity index (χ1) is 9.70. The number of nitrogens with one attached hydrogen (secondary N) is 1. The number of benzene rings is 2. The van der Waals surface area contributed by atoms with Gasteiger partial charge in [-0.2, -0.15) is 0 Å². The Labute approximate surface area is 144 Å². The van der Waals surface area contributed by atoms with Gasteiger partial charge in [-0.05, 0) is 30.3 Å². The van der Waals surface area contributed by atoms with Gasteiger partial charge in [0.1, 0.15) is 10.7 Å². The highest BCUT2D eigenvalue weighted by Crippen LogP contribution is 2.35. The molecule has 2 aromatic rings. The highest BCUT2D eigenvalue weighted by Gasteiger charge is 2.23. The smallest absolute Gasteiger partial charge is 0.264 e. The van der Waals surface area contributed by atoms with Gasteiger partial charge in [-0.25, -0.2) is 12.8 Å². The van der Waals surface area contributed by atoms with Gasteiger partial charge in [-0.15, -0.1) is 0 Å². The quantitative estimate of drug-likeness (QED) is 0.709. The van der Waals surface area contributed by atoms with Gasteiger partial charge < -0.3 is 0 Å². The predicted molar refractivity (Wildman–Crippen MR) is 86.4 cm³/mol. The van der Waals surface area contributed by atoms with Gasteiger partial charge in [0.15, 0.2) is 0 Å². The summed E-state index contributed by atoms with van der Waals surface area (Å²) in [6.45, 7) is 0. The first kappa shape index (κ1) is 16.8. The molecule has 0 bridgehead atoms. The molecule has 21 heavy (non-hydrogen) atoms. The Hall–Kier alpha value is -0.530. The van der Waals surface area contributed by atoms with Gasteiger partial charge >= 0.3 is 0 Å². The molecule has 1 N–H and O–H groups in total. The van der Waals surface area contributed by atoms with Gasteiger partial charge in [0.2, 0.25) is 0 Å². The van der Waals surface area contributed by atoms with Crippen molar-refractivity contribution >= 4 is 66.4 Å². The third kappa shape index (κ3) is 3.81. The van der Waals surface area contributed by atoms with Gasteiger partial charge in [0, 0.05) is 4.47 Å². The van der Waals surface area contributed by atoms with Crippen molar-refractivity contribution in [1.82, 2.24) is 0 Å². The Kier molecular flexibility index (Phi) is 5.05. The molecule has 0 unspecified atom stereocenters. The molecule has 0 heterocycles. The van der Waals surface area contributed by atoms with E-state index in [0.29, 0.717) is 4.47 Å². The van der Waals surface area contributed by atoms with Crippen LogP contribution in [0.5, 0.6) is 0 Å². The summed E-state index contributed by atoms with van der Waals surface area (Å²) in [6.07, 6.45) is 0. The van der Waals surface area contributed by atoms with Crippen molar-refractivity contribution in [3.8, 4) is 0 Å². The number of rotatable bonds is 3. The molecule has 0 spiro atoms. The molecule has 0 saturated heterocycles. The largest absolute Gasteiger partial charge is 0.278 e. The lowest BCUT2D eigenvalue weighted by Crippen LogP contribution is -2.14. The fourth-order valence-corrected chi connectivity index (χ4v) is 4.84.